The molecule has 6 nitrogen and oxygen atoms in total. The molecule has 0 fully saturated rings. The van der Waals surface area contributed by atoms with Crippen molar-refractivity contribution in [3.05, 3.63) is 35.9 Å². The topological polar surface area (TPSA) is 77.3 Å². The van der Waals surface area contributed by atoms with Gasteiger partial charge in [-0.15, -0.1) is 0 Å². The van der Waals surface area contributed by atoms with E-state index < -0.39 is 11.9 Å². The monoisotopic (exact) mass is 276 g/mol. The van der Waals surface area contributed by atoms with Crippen LogP contribution in [0.25, 0.3) is 0 Å². The first-order valence-corrected chi connectivity index (χ1v) is 6.04. The minimum atomic E-state index is -0.497. The van der Waals surface area contributed by atoms with Gasteiger partial charge in [-0.25, -0.2) is 9.59 Å². The third-order valence-electron chi connectivity index (χ3n) is 2.14. The van der Waals surface area contributed by atoms with Gasteiger partial charge in [0.25, 0.3) is 0 Å². The Labute approximate surface area is 117 Å². The number of carbonyl (C=O) groups excluding carboxylic acids is 2. The number of nitrogens with zero attached hydrogens (tertiary/aromatic N) is 2. The van der Waals surface area contributed by atoms with Gasteiger partial charge in [-0.1, -0.05) is 40.6 Å². The molecule has 0 spiro atoms. The second-order valence-corrected chi connectivity index (χ2v) is 3.98. The molecule has 0 radical (unpaired) electrons. The molecule has 6 heteroatoms. The van der Waals surface area contributed by atoms with Crippen molar-refractivity contribution in [2.75, 3.05) is 0 Å². The van der Waals surface area contributed by atoms with Crippen LogP contribution < -0.4 is 0 Å². The van der Waals surface area contributed by atoms with E-state index >= 15 is 0 Å². The molecular weight excluding hydrogens is 260 g/mol. The highest BCUT2D eigenvalue weighted by atomic mass is 16.7. The Kier molecular flexibility index (Phi) is 6.67. The van der Waals surface area contributed by atoms with Crippen molar-refractivity contribution in [3.8, 4) is 0 Å². The summed E-state index contributed by atoms with van der Waals surface area (Å²) in [4.78, 5) is 30.4. The fourth-order valence-electron chi connectivity index (χ4n) is 1.36. The first kappa shape index (κ1) is 15.6. The van der Waals surface area contributed by atoms with Crippen LogP contribution >= 0.6 is 0 Å². The zero-order chi connectivity index (χ0) is 14.8. The van der Waals surface area contributed by atoms with E-state index in [1.54, 1.807) is 0 Å². The van der Waals surface area contributed by atoms with Crippen LogP contribution in [0.5, 0.6) is 0 Å². The first-order chi connectivity index (χ1) is 9.58. The van der Waals surface area contributed by atoms with E-state index in [2.05, 4.69) is 20.0 Å². The van der Waals surface area contributed by atoms with Crippen molar-refractivity contribution in [1.82, 2.24) is 0 Å². The highest BCUT2D eigenvalue weighted by Gasteiger charge is 2.03. The van der Waals surface area contributed by atoms with Gasteiger partial charge in [0, 0.05) is 26.7 Å². The predicted octanol–water partition coefficient (Wildman–Crippen LogP) is 2.09. The molecule has 106 valence electrons. The van der Waals surface area contributed by atoms with Gasteiger partial charge in [0.2, 0.25) is 0 Å². The maximum Gasteiger partial charge on any atom is 0.331 e. The van der Waals surface area contributed by atoms with Gasteiger partial charge in [0.05, 0.1) is 11.9 Å². The molecule has 0 aliphatic carbocycles. The molecule has 0 aliphatic heterocycles. The predicted molar refractivity (Wildman–Crippen MR) is 74.2 cm³/mol. The normalized spacial score (nSPS) is 11.4. The summed E-state index contributed by atoms with van der Waals surface area (Å²) in [6.45, 7) is 2.53. The van der Waals surface area contributed by atoms with Crippen molar-refractivity contribution in [1.29, 1.82) is 0 Å². The highest BCUT2D eigenvalue weighted by Crippen LogP contribution is 2.03. The maximum absolute atomic E-state index is 10.8. The zero-order valence-corrected chi connectivity index (χ0v) is 11.4. The molecule has 1 aromatic rings. The molecule has 0 heterocycles. The fraction of sp³-hybridized carbons (Fsp3) is 0.286. The van der Waals surface area contributed by atoms with E-state index in [0.717, 1.165) is 5.56 Å². The molecule has 0 unspecified atom stereocenters. The van der Waals surface area contributed by atoms with E-state index in [1.807, 2.05) is 30.3 Å². The highest BCUT2D eigenvalue weighted by molar-refractivity contribution is 5.96. The third kappa shape index (κ3) is 7.05. The van der Waals surface area contributed by atoms with Crippen LogP contribution in [0, 0.1) is 0 Å². The molecule has 1 aromatic carbocycles. The van der Waals surface area contributed by atoms with Crippen LogP contribution in [0.4, 0.5) is 0 Å². The van der Waals surface area contributed by atoms with Gasteiger partial charge in [-0.2, -0.15) is 0 Å². The summed E-state index contributed by atoms with van der Waals surface area (Å²) in [7, 11) is 0. The number of benzene rings is 1. The summed E-state index contributed by atoms with van der Waals surface area (Å²) >= 11 is 0. The standard InChI is InChI=1S/C14H16N2O4/c1-11(17)19-15-9-8-14(16-20-12(2)18)10-13-6-4-3-5-7-13/h3-7,9H,8,10H2,1-2H3. The van der Waals surface area contributed by atoms with Gasteiger partial charge < -0.3 is 9.68 Å². The lowest BCUT2D eigenvalue weighted by atomic mass is 10.1. The van der Waals surface area contributed by atoms with Gasteiger partial charge in [0.15, 0.2) is 0 Å². The molecule has 1 rings (SSSR count). The molecule has 0 aromatic heterocycles. The molecule has 0 saturated carbocycles. The smallest absolute Gasteiger partial charge is 0.319 e. The molecule has 0 N–H and O–H groups in total. The summed E-state index contributed by atoms with van der Waals surface area (Å²) < 4.78 is 0. The quantitative estimate of drug-likeness (QED) is 0.453. The summed E-state index contributed by atoms with van der Waals surface area (Å²) in [5, 5.41) is 7.25. The van der Waals surface area contributed by atoms with Gasteiger partial charge >= 0.3 is 11.9 Å². The van der Waals surface area contributed by atoms with Gasteiger partial charge in [0.1, 0.15) is 0 Å². The Hall–Kier alpha value is -2.50. The van der Waals surface area contributed by atoms with E-state index in [0.29, 0.717) is 18.6 Å². The van der Waals surface area contributed by atoms with E-state index in [1.165, 1.54) is 20.1 Å². The van der Waals surface area contributed by atoms with E-state index in [4.69, 9.17) is 0 Å². The average molecular weight is 276 g/mol. The Morgan fingerprint density at radius 2 is 1.75 bits per heavy atom. The minimum Gasteiger partial charge on any atom is -0.319 e. The molecule has 0 aliphatic rings. The summed E-state index contributed by atoms with van der Waals surface area (Å²) in [6, 6.07) is 9.60. The zero-order valence-electron chi connectivity index (χ0n) is 11.4. The lowest BCUT2D eigenvalue weighted by Crippen LogP contribution is -2.07. The lowest BCUT2D eigenvalue weighted by molar-refractivity contribution is -0.141. The molecule has 0 atom stereocenters. The Morgan fingerprint density at radius 3 is 2.35 bits per heavy atom. The number of oxime groups is 2. The first-order valence-electron chi connectivity index (χ1n) is 6.04. The molecule has 0 bridgehead atoms. The van der Waals surface area contributed by atoms with Crippen LogP contribution in [0.3, 0.4) is 0 Å². The summed E-state index contributed by atoms with van der Waals surface area (Å²) in [5.41, 5.74) is 1.63. The average Bonchev–Trinajstić information content (AvgIpc) is 2.41. The maximum atomic E-state index is 10.8. The molecule has 20 heavy (non-hydrogen) atoms. The minimum absolute atomic E-state index is 0.315. The van der Waals surface area contributed by atoms with Crippen molar-refractivity contribution in [3.63, 3.8) is 0 Å². The second-order valence-electron chi connectivity index (χ2n) is 3.98. The van der Waals surface area contributed by atoms with Crippen molar-refractivity contribution in [2.24, 2.45) is 10.3 Å². The van der Waals surface area contributed by atoms with Crippen molar-refractivity contribution >= 4 is 23.9 Å². The number of rotatable bonds is 6. The number of hydrogen-bond acceptors (Lipinski definition) is 6. The summed E-state index contributed by atoms with van der Waals surface area (Å²) in [6.07, 6.45) is 2.22. The fourth-order valence-corrected chi connectivity index (χ4v) is 1.36. The third-order valence-corrected chi connectivity index (χ3v) is 2.14. The molecule has 0 saturated heterocycles. The van der Waals surface area contributed by atoms with Crippen molar-refractivity contribution in [2.45, 2.75) is 26.7 Å². The molecular formula is C14H16N2O4. The largest absolute Gasteiger partial charge is 0.331 e. The van der Waals surface area contributed by atoms with Crippen LogP contribution in [-0.4, -0.2) is 23.9 Å². The molecule has 0 amide bonds. The Balaban J connectivity index is 2.65. The number of carbonyl (C=O) groups is 2. The van der Waals surface area contributed by atoms with Gasteiger partial charge in [-0.05, 0) is 5.56 Å². The second kappa shape index (κ2) is 8.58. The van der Waals surface area contributed by atoms with Crippen LogP contribution in [0.15, 0.2) is 40.6 Å². The van der Waals surface area contributed by atoms with Crippen LogP contribution in [-0.2, 0) is 25.7 Å². The Bertz CT molecular complexity index is 509. The summed E-state index contributed by atoms with van der Waals surface area (Å²) in [5.74, 6) is -0.990. The van der Waals surface area contributed by atoms with E-state index in [-0.39, 0.29) is 0 Å². The van der Waals surface area contributed by atoms with E-state index in [9.17, 15) is 9.59 Å². The van der Waals surface area contributed by atoms with Gasteiger partial charge in [-0.3, -0.25) is 0 Å². The number of hydrogen-bond donors (Lipinski definition) is 0. The lowest BCUT2D eigenvalue weighted by Gasteiger charge is -2.03. The van der Waals surface area contributed by atoms with Crippen LogP contribution in [0.2, 0.25) is 0 Å². The van der Waals surface area contributed by atoms with Crippen LogP contribution in [0.1, 0.15) is 25.8 Å². The SMILES string of the molecule is CC(=O)ON=CCC(Cc1ccccc1)=NOC(C)=O. The Morgan fingerprint density at radius 1 is 1.10 bits per heavy atom. The van der Waals surface area contributed by atoms with Crippen molar-refractivity contribution < 1.29 is 19.3 Å².